The molecule has 2 rings (SSSR count). The number of aromatic amines is 1. The van der Waals surface area contributed by atoms with E-state index in [1.165, 1.54) is 13.1 Å². The van der Waals surface area contributed by atoms with Crippen molar-refractivity contribution in [2.45, 2.75) is 26.9 Å². The average Bonchev–Trinajstić information content (AvgIpc) is 2.99. The number of nitrogens with one attached hydrogen (secondary N) is 2. The van der Waals surface area contributed by atoms with E-state index < -0.39 is 5.97 Å². The number of ether oxygens (including phenoxy) is 2. The Hall–Kier alpha value is -2.76. The van der Waals surface area contributed by atoms with E-state index in [0.717, 1.165) is 11.1 Å². The van der Waals surface area contributed by atoms with Gasteiger partial charge in [-0.2, -0.15) is 0 Å². The van der Waals surface area contributed by atoms with E-state index in [-0.39, 0.29) is 30.0 Å². The number of benzene rings is 1. The minimum atomic E-state index is -0.527. The molecule has 2 N–H and O–H groups in total. The third-order valence-electron chi connectivity index (χ3n) is 3.58. The minimum Gasteiger partial charge on any atom is -0.484 e. The lowest BCUT2D eigenvalue weighted by Crippen LogP contribution is -2.19. The predicted octanol–water partition coefficient (Wildman–Crippen LogP) is 3.00. The zero-order valence-electron chi connectivity index (χ0n) is 14.3. The van der Waals surface area contributed by atoms with Crippen LogP contribution in [-0.4, -0.2) is 30.5 Å². The smallest absolute Gasteiger partial charge is 0.354 e. The lowest BCUT2D eigenvalue weighted by atomic mass is 10.1. The van der Waals surface area contributed by atoms with Crippen LogP contribution in [0.15, 0.2) is 30.3 Å². The third-order valence-corrected chi connectivity index (χ3v) is 3.58. The van der Waals surface area contributed by atoms with Gasteiger partial charge >= 0.3 is 5.97 Å². The number of carbonyl (C=O) groups is 2. The monoisotopic (exact) mass is 330 g/mol. The molecule has 1 atom stereocenters. The largest absolute Gasteiger partial charge is 0.484 e. The van der Waals surface area contributed by atoms with Crippen LogP contribution >= 0.6 is 0 Å². The first-order valence-corrected chi connectivity index (χ1v) is 7.81. The molecule has 0 spiro atoms. The number of hydrogen-bond acceptors (Lipinski definition) is 4. The fourth-order valence-corrected chi connectivity index (χ4v) is 2.24. The second-order valence-corrected chi connectivity index (χ2v) is 5.39. The molecule has 6 nitrogen and oxygen atoms in total. The highest BCUT2D eigenvalue weighted by molar-refractivity contribution is 5.98. The summed E-state index contributed by atoms with van der Waals surface area (Å²) < 4.78 is 10.9. The van der Waals surface area contributed by atoms with Crippen LogP contribution in [0.3, 0.4) is 0 Å². The second-order valence-electron chi connectivity index (χ2n) is 5.39. The maximum absolute atomic E-state index is 12.0. The number of hydrogen-bond donors (Lipinski definition) is 2. The number of aryl methyl sites for hydroxylation is 1. The first-order chi connectivity index (χ1) is 11.5. The van der Waals surface area contributed by atoms with Gasteiger partial charge in [-0.25, -0.2) is 4.79 Å². The maximum atomic E-state index is 12.0. The number of amides is 1. The Bertz CT molecular complexity index is 719. The minimum absolute atomic E-state index is 0.182. The molecule has 0 aliphatic carbocycles. The first-order valence-electron chi connectivity index (χ1n) is 7.81. The third kappa shape index (κ3) is 3.95. The van der Waals surface area contributed by atoms with Crippen molar-refractivity contribution >= 4 is 11.9 Å². The van der Waals surface area contributed by atoms with Gasteiger partial charge < -0.3 is 19.8 Å². The normalized spacial score (nSPS) is 11.7. The van der Waals surface area contributed by atoms with Gasteiger partial charge in [0.25, 0.3) is 5.91 Å². The molecule has 0 fully saturated rings. The van der Waals surface area contributed by atoms with Crippen molar-refractivity contribution < 1.29 is 19.1 Å². The second kappa shape index (κ2) is 7.68. The summed E-state index contributed by atoms with van der Waals surface area (Å²) in [4.78, 5) is 26.7. The van der Waals surface area contributed by atoms with Crippen LogP contribution in [0.1, 0.15) is 52.1 Å². The van der Waals surface area contributed by atoms with Crippen molar-refractivity contribution in [1.82, 2.24) is 10.3 Å². The summed E-state index contributed by atoms with van der Waals surface area (Å²) in [6.45, 7) is 5.87. The highest BCUT2D eigenvalue weighted by Gasteiger charge is 2.22. The van der Waals surface area contributed by atoms with Gasteiger partial charge in [0, 0.05) is 13.1 Å². The van der Waals surface area contributed by atoms with Crippen LogP contribution in [0, 0.1) is 6.92 Å². The fraction of sp³-hybridized carbons (Fsp3) is 0.333. The summed E-state index contributed by atoms with van der Waals surface area (Å²) in [6, 6.07) is 9.43. The Kier molecular flexibility index (Phi) is 5.63. The van der Waals surface area contributed by atoms with E-state index in [1.54, 1.807) is 6.92 Å². The molecule has 1 unspecified atom stereocenters. The lowest BCUT2D eigenvalue weighted by Gasteiger charge is -2.15. The zero-order valence-corrected chi connectivity index (χ0v) is 14.3. The standard InChI is InChI=1S/C18H22N2O4/c1-5-23-18(22)14-10-15(16(20-14)17(21)19-4)24-12(3)13-8-6-11(2)7-9-13/h6-10,12,20H,5H2,1-4H3,(H,19,21). The van der Waals surface area contributed by atoms with E-state index in [2.05, 4.69) is 10.3 Å². The van der Waals surface area contributed by atoms with Crippen molar-refractivity contribution in [3.8, 4) is 5.75 Å². The van der Waals surface area contributed by atoms with E-state index in [4.69, 9.17) is 9.47 Å². The molecule has 0 aliphatic rings. The summed E-state index contributed by atoms with van der Waals surface area (Å²) in [7, 11) is 1.51. The molecule has 6 heteroatoms. The quantitative estimate of drug-likeness (QED) is 0.798. The van der Waals surface area contributed by atoms with Crippen LogP contribution in [0.5, 0.6) is 5.75 Å². The molecule has 0 radical (unpaired) electrons. The van der Waals surface area contributed by atoms with E-state index in [9.17, 15) is 9.59 Å². The Morgan fingerprint density at radius 1 is 1.25 bits per heavy atom. The van der Waals surface area contributed by atoms with Gasteiger partial charge in [0.1, 0.15) is 17.5 Å². The summed E-state index contributed by atoms with van der Waals surface area (Å²) in [5.74, 6) is -0.581. The van der Waals surface area contributed by atoms with Gasteiger partial charge in [0.15, 0.2) is 5.75 Å². The fourth-order valence-electron chi connectivity index (χ4n) is 2.24. The number of carbonyl (C=O) groups excluding carboxylic acids is 2. The first kappa shape index (κ1) is 17.6. The molecule has 1 aromatic heterocycles. The summed E-state index contributed by atoms with van der Waals surface area (Å²) in [5, 5.41) is 2.52. The van der Waals surface area contributed by atoms with Crippen molar-refractivity contribution in [1.29, 1.82) is 0 Å². The summed E-state index contributed by atoms with van der Waals surface area (Å²) >= 11 is 0. The molecule has 24 heavy (non-hydrogen) atoms. The highest BCUT2D eigenvalue weighted by atomic mass is 16.5. The van der Waals surface area contributed by atoms with Gasteiger partial charge in [0.2, 0.25) is 0 Å². The van der Waals surface area contributed by atoms with Crippen molar-refractivity contribution in [3.05, 3.63) is 52.8 Å². The SMILES string of the molecule is CCOC(=O)c1cc(OC(C)c2ccc(C)cc2)c(C(=O)NC)[nH]1. The van der Waals surface area contributed by atoms with Gasteiger partial charge in [-0.05, 0) is 26.3 Å². The molecule has 0 bridgehead atoms. The molecule has 1 heterocycles. The molecular weight excluding hydrogens is 308 g/mol. The van der Waals surface area contributed by atoms with Crippen LogP contribution in [0.2, 0.25) is 0 Å². The molecule has 2 aromatic rings. The highest BCUT2D eigenvalue weighted by Crippen LogP contribution is 2.27. The van der Waals surface area contributed by atoms with Crippen molar-refractivity contribution in [3.63, 3.8) is 0 Å². The van der Waals surface area contributed by atoms with Gasteiger partial charge in [0.05, 0.1) is 6.61 Å². The predicted molar refractivity (Wildman–Crippen MR) is 90.4 cm³/mol. The summed E-state index contributed by atoms with van der Waals surface area (Å²) in [6.07, 6.45) is -0.278. The molecular formula is C18H22N2O4. The summed E-state index contributed by atoms with van der Waals surface area (Å²) in [5.41, 5.74) is 2.51. The molecule has 0 aliphatic heterocycles. The maximum Gasteiger partial charge on any atom is 0.354 e. The lowest BCUT2D eigenvalue weighted by molar-refractivity contribution is 0.0520. The molecule has 1 aromatic carbocycles. The van der Waals surface area contributed by atoms with Gasteiger partial charge in [-0.1, -0.05) is 29.8 Å². The topological polar surface area (TPSA) is 80.4 Å². The van der Waals surface area contributed by atoms with Crippen LogP contribution < -0.4 is 10.1 Å². The Balaban J connectivity index is 2.28. The number of H-pyrrole nitrogens is 1. The van der Waals surface area contributed by atoms with Crippen molar-refractivity contribution in [2.24, 2.45) is 0 Å². The number of rotatable bonds is 6. The average molecular weight is 330 g/mol. The Morgan fingerprint density at radius 2 is 1.92 bits per heavy atom. The Morgan fingerprint density at radius 3 is 2.50 bits per heavy atom. The Labute approximate surface area is 141 Å². The van der Waals surface area contributed by atoms with Gasteiger partial charge in [-0.3, -0.25) is 4.79 Å². The van der Waals surface area contributed by atoms with Crippen molar-refractivity contribution in [2.75, 3.05) is 13.7 Å². The van der Waals surface area contributed by atoms with E-state index in [0.29, 0.717) is 5.75 Å². The van der Waals surface area contributed by atoms with E-state index in [1.807, 2.05) is 38.1 Å². The molecule has 0 saturated heterocycles. The van der Waals surface area contributed by atoms with Crippen LogP contribution in [0.25, 0.3) is 0 Å². The molecule has 128 valence electrons. The van der Waals surface area contributed by atoms with Gasteiger partial charge in [-0.15, -0.1) is 0 Å². The van der Waals surface area contributed by atoms with Crippen LogP contribution in [-0.2, 0) is 4.74 Å². The van der Waals surface area contributed by atoms with Crippen LogP contribution in [0.4, 0.5) is 0 Å². The molecule has 1 amide bonds. The molecule has 0 saturated carbocycles. The van der Waals surface area contributed by atoms with E-state index >= 15 is 0 Å². The zero-order chi connectivity index (χ0) is 17.7. The number of esters is 1. The number of aromatic nitrogens is 1.